The summed E-state index contributed by atoms with van der Waals surface area (Å²) >= 11 is 0. The first-order chi connectivity index (χ1) is 14.0. The molecule has 150 valence electrons. The van der Waals surface area contributed by atoms with Crippen LogP contribution in [0.3, 0.4) is 0 Å². The molecule has 0 saturated carbocycles. The molecule has 3 rings (SSSR count). The fraction of sp³-hybridized carbons (Fsp3) is 0.200. The van der Waals surface area contributed by atoms with Crippen molar-refractivity contribution in [2.45, 2.75) is 0 Å². The summed E-state index contributed by atoms with van der Waals surface area (Å²) in [6.07, 6.45) is 1.27. The molecule has 0 aromatic heterocycles. The van der Waals surface area contributed by atoms with Crippen LogP contribution in [0.5, 0.6) is 0 Å². The molecule has 0 radical (unpaired) electrons. The lowest BCUT2D eigenvalue weighted by atomic mass is 10.1. The quantitative estimate of drug-likeness (QED) is 0.472. The number of hydrogen-bond donors (Lipinski definition) is 1. The minimum absolute atomic E-state index is 0.0969. The zero-order valence-corrected chi connectivity index (χ0v) is 15.3. The minimum Gasteiger partial charge on any atom is -0.378 e. The molecule has 1 N–H and O–H groups in total. The first kappa shape index (κ1) is 20.2. The summed E-state index contributed by atoms with van der Waals surface area (Å²) in [5.41, 5.74) is 0.0198. The first-order valence-electron chi connectivity index (χ1n) is 8.85. The van der Waals surface area contributed by atoms with Gasteiger partial charge in [0.2, 0.25) is 0 Å². The summed E-state index contributed by atoms with van der Waals surface area (Å²) in [6, 6.07) is 10.8. The number of ether oxygens (including phenoxy) is 1. The van der Waals surface area contributed by atoms with Gasteiger partial charge in [0.1, 0.15) is 11.5 Å². The van der Waals surface area contributed by atoms with E-state index in [9.17, 15) is 24.1 Å². The summed E-state index contributed by atoms with van der Waals surface area (Å²) in [5.74, 6) is -1.64. The Labute approximate surface area is 165 Å². The standard InChI is InChI=1S/C20H18FN3O5/c21-17-4-2-1-3-15(17)13-18(20(26)23-9-11-29-12-10-23)22-19(25)14-5-7-16(8-6-14)24(27)28/h1-8,13H,9-12H2,(H,22,25). The molecule has 29 heavy (non-hydrogen) atoms. The predicted octanol–water partition coefficient (Wildman–Crippen LogP) is 2.36. The number of carbonyl (C=O) groups excluding carboxylic acids is 2. The zero-order valence-electron chi connectivity index (χ0n) is 15.3. The Kier molecular flexibility index (Phi) is 6.30. The Balaban J connectivity index is 1.88. The lowest BCUT2D eigenvalue weighted by Gasteiger charge is -2.27. The van der Waals surface area contributed by atoms with Crippen LogP contribution in [-0.4, -0.2) is 47.9 Å². The largest absolute Gasteiger partial charge is 0.378 e. The number of carbonyl (C=O) groups is 2. The van der Waals surface area contributed by atoms with Gasteiger partial charge in [-0.3, -0.25) is 19.7 Å². The zero-order chi connectivity index (χ0) is 20.8. The molecule has 2 aromatic rings. The van der Waals surface area contributed by atoms with Gasteiger partial charge in [-0.1, -0.05) is 18.2 Å². The number of nitrogens with zero attached hydrogens (tertiary/aromatic N) is 2. The maximum Gasteiger partial charge on any atom is 0.270 e. The Morgan fingerprint density at radius 1 is 1.10 bits per heavy atom. The second kappa shape index (κ2) is 9.07. The van der Waals surface area contributed by atoms with E-state index in [0.717, 1.165) is 0 Å². The lowest BCUT2D eigenvalue weighted by Crippen LogP contribution is -2.44. The molecule has 9 heteroatoms. The molecular weight excluding hydrogens is 381 g/mol. The molecule has 0 aliphatic carbocycles. The normalized spacial score (nSPS) is 14.4. The van der Waals surface area contributed by atoms with E-state index in [1.54, 1.807) is 6.07 Å². The molecule has 1 heterocycles. The van der Waals surface area contributed by atoms with Crippen LogP contribution in [0.1, 0.15) is 15.9 Å². The molecule has 0 unspecified atom stereocenters. The van der Waals surface area contributed by atoms with Crippen molar-refractivity contribution in [3.8, 4) is 0 Å². The number of morpholine rings is 1. The Morgan fingerprint density at radius 2 is 1.76 bits per heavy atom. The van der Waals surface area contributed by atoms with Gasteiger partial charge in [0.05, 0.1) is 18.1 Å². The van der Waals surface area contributed by atoms with E-state index >= 15 is 0 Å². The third-order valence-corrected chi connectivity index (χ3v) is 4.32. The minimum atomic E-state index is -0.635. The van der Waals surface area contributed by atoms with E-state index in [1.807, 2.05) is 0 Å². The number of benzene rings is 2. The fourth-order valence-electron chi connectivity index (χ4n) is 2.76. The summed E-state index contributed by atoms with van der Waals surface area (Å²) < 4.78 is 19.3. The molecule has 1 saturated heterocycles. The van der Waals surface area contributed by atoms with Gasteiger partial charge in [0.15, 0.2) is 0 Å². The molecule has 2 amide bonds. The SMILES string of the molecule is O=C(NC(=Cc1ccccc1F)C(=O)N1CCOCC1)c1ccc([N+](=O)[O-])cc1. The lowest BCUT2D eigenvalue weighted by molar-refractivity contribution is -0.384. The van der Waals surface area contributed by atoms with Crippen LogP contribution in [0.25, 0.3) is 6.08 Å². The van der Waals surface area contributed by atoms with Crippen molar-refractivity contribution < 1.29 is 23.6 Å². The molecule has 0 spiro atoms. The van der Waals surface area contributed by atoms with Crippen LogP contribution in [0.15, 0.2) is 54.2 Å². The molecule has 1 aliphatic heterocycles. The van der Waals surface area contributed by atoms with E-state index in [-0.39, 0.29) is 22.5 Å². The smallest absolute Gasteiger partial charge is 0.270 e. The Morgan fingerprint density at radius 3 is 2.38 bits per heavy atom. The summed E-state index contributed by atoms with van der Waals surface area (Å²) in [7, 11) is 0. The van der Waals surface area contributed by atoms with Gasteiger partial charge < -0.3 is 15.0 Å². The van der Waals surface area contributed by atoms with Crippen molar-refractivity contribution in [2.75, 3.05) is 26.3 Å². The van der Waals surface area contributed by atoms with Gasteiger partial charge in [-0.15, -0.1) is 0 Å². The van der Waals surface area contributed by atoms with Crippen molar-refractivity contribution in [1.82, 2.24) is 10.2 Å². The van der Waals surface area contributed by atoms with E-state index in [1.165, 1.54) is 53.4 Å². The van der Waals surface area contributed by atoms with Crippen LogP contribution in [0.2, 0.25) is 0 Å². The number of nitro benzene ring substituents is 1. The Hall–Kier alpha value is -3.59. The summed E-state index contributed by atoms with van der Waals surface area (Å²) in [6.45, 7) is 1.44. The van der Waals surface area contributed by atoms with Gasteiger partial charge in [0, 0.05) is 36.3 Å². The van der Waals surface area contributed by atoms with Crippen LogP contribution in [-0.2, 0) is 9.53 Å². The number of non-ortho nitro benzene ring substituents is 1. The van der Waals surface area contributed by atoms with Crippen molar-refractivity contribution in [1.29, 1.82) is 0 Å². The second-order valence-electron chi connectivity index (χ2n) is 6.24. The highest BCUT2D eigenvalue weighted by Gasteiger charge is 2.23. The highest BCUT2D eigenvalue weighted by molar-refractivity contribution is 6.05. The van der Waals surface area contributed by atoms with Crippen LogP contribution in [0, 0.1) is 15.9 Å². The van der Waals surface area contributed by atoms with Gasteiger partial charge in [-0.2, -0.15) is 0 Å². The number of halogens is 1. The molecular formula is C20H18FN3O5. The van der Waals surface area contributed by atoms with Crippen LogP contribution in [0.4, 0.5) is 10.1 Å². The average molecular weight is 399 g/mol. The van der Waals surface area contributed by atoms with Gasteiger partial charge in [-0.25, -0.2) is 4.39 Å². The topological polar surface area (TPSA) is 102 Å². The van der Waals surface area contributed by atoms with E-state index in [0.29, 0.717) is 26.3 Å². The third kappa shape index (κ3) is 5.02. The van der Waals surface area contributed by atoms with Crippen molar-refractivity contribution in [3.05, 3.63) is 81.3 Å². The van der Waals surface area contributed by atoms with Gasteiger partial charge in [0.25, 0.3) is 17.5 Å². The molecule has 0 bridgehead atoms. The van der Waals surface area contributed by atoms with Crippen molar-refractivity contribution >= 4 is 23.6 Å². The van der Waals surface area contributed by atoms with Crippen LogP contribution < -0.4 is 5.32 Å². The number of rotatable bonds is 5. The molecule has 2 aromatic carbocycles. The number of amides is 2. The van der Waals surface area contributed by atoms with Gasteiger partial charge >= 0.3 is 0 Å². The molecule has 1 fully saturated rings. The maximum atomic E-state index is 14.1. The summed E-state index contributed by atoms with van der Waals surface area (Å²) in [5, 5.41) is 13.3. The average Bonchev–Trinajstić information content (AvgIpc) is 2.75. The van der Waals surface area contributed by atoms with Crippen molar-refractivity contribution in [3.63, 3.8) is 0 Å². The van der Waals surface area contributed by atoms with E-state index in [4.69, 9.17) is 4.74 Å². The molecule has 1 aliphatic rings. The highest BCUT2D eigenvalue weighted by atomic mass is 19.1. The number of nitrogens with one attached hydrogen (secondary N) is 1. The number of nitro groups is 1. The molecule has 0 atom stereocenters. The fourth-order valence-corrected chi connectivity index (χ4v) is 2.76. The molecule has 8 nitrogen and oxygen atoms in total. The predicted molar refractivity (Wildman–Crippen MR) is 102 cm³/mol. The highest BCUT2D eigenvalue weighted by Crippen LogP contribution is 2.15. The Bertz CT molecular complexity index is 953. The first-order valence-corrected chi connectivity index (χ1v) is 8.85. The third-order valence-electron chi connectivity index (χ3n) is 4.32. The van der Waals surface area contributed by atoms with E-state index in [2.05, 4.69) is 5.32 Å². The monoisotopic (exact) mass is 399 g/mol. The van der Waals surface area contributed by atoms with Crippen molar-refractivity contribution in [2.24, 2.45) is 0 Å². The second-order valence-corrected chi connectivity index (χ2v) is 6.24. The van der Waals surface area contributed by atoms with Crippen LogP contribution >= 0.6 is 0 Å². The number of hydrogen-bond acceptors (Lipinski definition) is 5. The summed E-state index contributed by atoms with van der Waals surface area (Å²) in [4.78, 5) is 37.2. The van der Waals surface area contributed by atoms with E-state index < -0.39 is 22.6 Å². The maximum absolute atomic E-state index is 14.1. The van der Waals surface area contributed by atoms with Gasteiger partial charge in [-0.05, 0) is 24.3 Å².